The first-order chi connectivity index (χ1) is 9.16. The van der Waals surface area contributed by atoms with Gasteiger partial charge < -0.3 is 5.11 Å². The number of hydrogen-bond donors (Lipinski definition) is 1. The molecule has 3 nitrogen and oxygen atoms in total. The highest BCUT2D eigenvalue weighted by Gasteiger charge is 2.56. The highest BCUT2D eigenvalue weighted by Crippen LogP contribution is 2.61. The van der Waals surface area contributed by atoms with E-state index in [1.807, 2.05) is 36.4 Å². The molecule has 3 rings (SSSR count). The Morgan fingerprint density at radius 1 is 1.42 bits per heavy atom. The van der Waals surface area contributed by atoms with Crippen molar-refractivity contribution in [2.45, 2.75) is 18.8 Å². The van der Waals surface area contributed by atoms with Crippen molar-refractivity contribution >= 4 is 5.97 Å². The van der Waals surface area contributed by atoms with Gasteiger partial charge >= 0.3 is 5.97 Å². The van der Waals surface area contributed by atoms with Crippen LogP contribution >= 0.6 is 0 Å². The second-order valence-electron chi connectivity index (χ2n) is 5.52. The smallest absolute Gasteiger partial charge is 0.303 e. The molecule has 0 radical (unpaired) electrons. The summed E-state index contributed by atoms with van der Waals surface area (Å²) in [5.74, 6) is -0.484. The molecule has 0 saturated heterocycles. The Hall–Kier alpha value is -2.08. The van der Waals surface area contributed by atoms with E-state index in [0.29, 0.717) is 5.92 Å². The van der Waals surface area contributed by atoms with E-state index < -0.39 is 11.4 Å². The van der Waals surface area contributed by atoms with Gasteiger partial charge in [-0.1, -0.05) is 42.5 Å². The lowest BCUT2D eigenvalue weighted by Crippen LogP contribution is -2.28. The highest BCUT2D eigenvalue weighted by atomic mass is 16.4. The van der Waals surface area contributed by atoms with E-state index >= 15 is 0 Å². The number of fused-ring (bicyclic) bond motifs is 2. The van der Waals surface area contributed by atoms with Crippen LogP contribution in [0.2, 0.25) is 0 Å². The van der Waals surface area contributed by atoms with Crippen LogP contribution in [0.5, 0.6) is 0 Å². The van der Waals surface area contributed by atoms with E-state index in [2.05, 4.69) is 12.1 Å². The minimum absolute atomic E-state index is 0.0635. The average molecular weight is 253 g/mol. The van der Waals surface area contributed by atoms with Crippen molar-refractivity contribution in [1.29, 1.82) is 5.26 Å². The van der Waals surface area contributed by atoms with Gasteiger partial charge in [0.05, 0.1) is 17.9 Å². The zero-order valence-electron chi connectivity index (χ0n) is 10.5. The lowest BCUT2D eigenvalue weighted by atomic mass is 9.70. The molecule has 0 spiro atoms. The molecule has 0 heterocycles. The van der Waals surface area contributed by atoms with Crippen LogP contribution < -0.4 is 0 Å². The fourth-order valence-corrected chi connectivity index (χ4v) is 3.78. The summed E-state index contributed by atoms with van der Waals surface area (Å²) in [6.07, 6.45) is 4.86. The number of carbonyl (C=O) groups is 1. The van der Waals surface area contributed by atoms with Crippen LogP contribution in [-0.2, 0) is 4.79 Å². The molecule has 3 heteroatoms. The Bertz CT molecular complexity index is 572. The number of allylic oxidation sites excluding steroid dienone is 2. The van der Waals surface area contributed by atoms with Crippen molar-refractivity contribution in [3.05, 3.63) is 48.0 Å². The van der Waals surface area contributed by atoms with Gasteiger partial charge in [0.1, 0.15) is 0 Å². The maximum atomic E-state index is 11.1. The number of nitriles is 1. The van der Waals surface area contributed by atoms with E-state index in [-0.39, 0.29) is 18.3 Å². The van der Waals surface area contributed by atoms with E-state index in [0.717, 1.165) is 12.0 Å². The second kappa shape index (κ2) is 4.24. The largest absolute Gasteiger partial charge is 0.481 e. The summed E-state index contributed by atoms with van der Waals surface area (Å²) in [7, 11) is 0. The van der Waals surface area contributed by atoms with Crippen LogP contribution in [0.15, 0.2) is 42.5 Å². The normalized spacial score (nSPS) is 35.2. The highest BCUT2D eigenvalue weighted by molar-refractivity contribution is 5.68. The predicted molar refractivity (Wildman–Crippen MR) is 70.2 cm³/mol. The topological polar surface area (TPSA) is 61.1 Å². The Morgan fingerprint density at radius 3 is 2.79 bits per heavy atom. The first-order valence-electron chi connectivity index (χ1n) is 6.53. The van der Waals surface area contributed by atoms with E-state index in [9.17, 15) is 10.1 Å². The SMILES string of the molecule is N#CC12C=CC(C1)C(c1ccccc1)C2CC(=O)O. The molecule has 1 aromatic carbocycles. The zero-order valence-corrected chi connectivity index (χ0v) is 10.5. The number of carboxylic acids is 1. The monoisotopic (exact) mass is 253 g/mol. The minimum Gasteiger partial charge on any atom is -0.481 e. The molecule has 96 valence electrons. The number of aliphatic carboxylic acids is 1. The summed E-state index contributed by atoms with van der Waals surface area (Å²) in [5, 5.41) is 18.6. The number of benzene rings is 1. The molecule has 1 saturated carbocycles. The van der Waals surface area contributed by atoms with Crippen molar-refractivity contribution in [3.8, 4) is 6.07 Å². The number of nitrogens with zero attached hydrogens (tertiary/aromatic N) is 1. The van der Waals surface area contributed by atoms with Crippen LogP contribution in [0.1, 0.15) is 24.3 Å². The number of carboxylic acid groups (broad SMARTS) is 1. The van der Waals surface area contributed by atoms with Gasteiger partial charge in [-0.3, -0.25) is 4.79 Å². The predicted octanol–water partition coefficient (Wildman–Crippen LogP) is 2.96. The Morgan fingerprint density at radius 2 is 2.16 bits per heavy atom. The molecule has 19 heavy (non-hydrogen) atoms. The zero-order chi connectivity index (χ0) is 13.5. The molecule has 1 N–H and O–H groups in total. The quantitative estimate of drug-likeness (QED) is 0.842. The lowest BCUT2D eigenvalue weighted by Gasteiger charge is -2.31. The van der Waals surface area contributed by atoms with Gasteiger partial charge in [0.2, 0.25) is 0 Å². The summed E-state index contributed by atoms with van der Waals surface area (Å²) in [5.41, 5.74) is 0.573. The van der Waals surface area contributed by atoms with Crippen LogP contribution in [0.25, 0.3) is 0 Å². The van der Waals surface area contributed by atoms with Crippen LogP contribution in [0.3, 0.4) is 0 Å². The van der Waals surface area contributed by atoms with E-state index in [1.165, 1.54) is 0 Å². The van der Waals surface area contributed by atoms with Gasteiger partial charge in [-0.05, 0) is 29.7 Å². The third-order valence-electron chi connectivity index (χ3n) is 4.56. The third kappa shape index (κ3) is 1.76. The first kappa shape index (κ1) is 12.0. The first-order valence-corrected chi connectivity index (χ1v) is 6.53. The lowest BCUT2D eigenvalue weighted by molar-refractivity contribution is -0.138. The van der Waals surface area contributed by atoms with Gasteiger partial charge in [-0.15, -0.1) is 0 Å². The molecule has 2 aliphatic carbocycles. The van der Waals surface area contributed by atoms with Gasteiger partial charge in [0.25, 0.3) is 0 Å². The van der Waals surface area contributed by atoms with Crippen LogP contribution in [0.4, 0.5) is 0 Å². The summed E-state index contributed by atoms with van der Waals surface area (Å²) >= 11 is 0. The molecule has 1 aromatic rings. The molecule has 0 aromatic heterocycles. The van der Waals surface area contributed by atoms with Crippen molar-refractivity contribution < 1.29 is 9.90 Å². The van der Waals surface area contributed by atoms with E-state index in [4.69, 9.17) is 5.11 Å². The van der Waals surface area contributed by atoms with E-state index in [1.54, 1.807) is 0 Å². The standard InChI is InChI=1S/C16H15NO2/c17-10-16-7-6-12(9-16)15(13(16)8-14(18)19)11-4-2-1-3-5-11/h1-7,12-13,15H,8-9H2,(H,18,19). The van der Waals surface area contributed by atoms with Crippen molar-refractivity contribution in [1.82, 2.24) is 0 Å². The molecule has 2 aliphatic rings. The molecule has 1 fully saturated rings. The Balaban J connectivity index is 2.02. The Kier molecular flexibility index (Phi) is 2.67. The fourth-order valence-electron chi connectivity index (χ4n) is 3.78. The summed E-state index contributed by atoms with van der Waals surface area (Å²) in [6.45, 7) is 0. The summed E-state index contributed by atoms with van der Waals surface area (Å²) < 4.78 is 0. The summed E-state index contributed by atoms with van der Waals surface area (Å²) in [4.78, 5) is 11.1. The van der Waals surface area contributed by atoms with Gasteiger partial charge in [-0.2, -0.15) is 5.26 Å². The minimum atomic E-state index is -0.818. The number of hydrogen-bond acceptors (Lipinski definition) is 2. The van der Waals surface area contributed by atoms with Crippen LogP contribution in [0, 0.1) is 28.6 Å². The van der Waals surface area contributed by atoms with Gasteiger partial charge in [-0.25, -0.2) is 0 Å². The van der Waals surface area contributed by atoms with Crippen molar-refractivity contribution in [2.24, 2.45) is 17.3 Å². The maximum Gasteiger partial charge on any atom is 0.303 e. The molecule has 0 amide bonds. The van der Waals surface area contributed by atoms with Crippen molar-refractivity contribution in [3.63, 3.8) is 0 Å². The third-order valence-corrected chi connectivity index (χ3v) is 4.56. The summed E-state index contributed by atoms with van der Waals surface area (Å²) in [6, 6.07) is 12.4. The van der Waals surface area contributed by atoms with Gasteiger partial charge in [0, 0.05) is 0 Å². The molecular formula is C16H15NO2. The molecule has 4 atom stereocenters. The van der Waals surface area contributed by atoms with Gasteiger partial charge in [0.15, 0.2) is 0 Å². The molecular weight excluding hydrogens is 238 g/mol. The number of rotatable bonds is 3. The maximum absolute atomic E-state index is 11.1. The average Bonchev–Trinajstić information content (AvgIpc) is 2.96. The Labute approximate surface area is 112 Å². The molecule has 4 unspecified atom stereocenters. The molecule has 0 aliphatic heterocycles. The second-order valence-corrected chi connectivity index (χ2v) is 5.52. The fraction of sp³-hybridized carbons (Fsp3) is 0.375. The van der Waals surface area contributed by atoms with Crippen LogP contribution in [-0.4, -0.2) is 11.1 Å². The molecule has 2 bridgehead atoms. The van der Waals surface area contributed by atoms with Crippen molar-refractivity contribution in [2.75, 3.05) is 0 Å².